The van der Waals surface area contributed by atoms with E-state index in [1.807, 2.05) is 0 Å². The predicted molar refractivity (Wildman–Crippen MR) is 68.8 cm³/mol. The van der Waals surface area contributed by atoms with Crippen LogP contribution in [-0.2, 0) is 9.63 Å². The van der Waals surface area contributed by atoms with Crippen LogP contribution in [0.3, 0.4) is 0 Å². The summed E-state index contributed by atoms with van der Waals surface area (Å²) >= 11 is 0. The van der Waals surface area contributed by atoms with Crippen molar-refractivity contribution < 1.29 is 9.63 Å². The van der Waals surface area contributed by atoms with Gasteiger partial charge in [0.1, 0.15) is 0 Å². The Kier molecular flexibility index (Phi) is 2.77. The maximum Gasteiger partial charge on any atom is 0.340 e. The quantitative estimate of drug-likeness (QED) is 0.611. The summed E-state index contributed by atoms with van der Waals surface area (Å²) in [4.78, 5) is 15.8. The van der Waals surface area contributed by atoms with Crippen LogP contribution >= 0.6 is 0 Å². The van der Waals surface area contributed by atoms with Gasteiger partial charge < -0.3 is 10.6 Å². The second-order valence-electron chi connectivity index (χ2n) is 5.91. The predicted octanol–water partition coefficient (Wildman–Crippen LogP) is 2.00. The lowest BCUT2D eigenvalue weighted by Gasteiger charge is -2.52. The van der Waals surface area contributed by atoms with E-state index in [0.29, 0.717) is 18.9 Å². The van der Waals surface area contributed by atoms with Gasteiger partial charge in [-0.1, -0.05) is 23.7 Å². The van der Waals surface area contributed by atoms with E-state index < -0.39 is 0 Å². The minimum absolute atomic E-state index is 0.133. The molecule has 0 aromatic heterocycles. The van der Waals surface area contributed by atoms with E-state index in [9.17, 15) is 4.79 Å². The molecule has 3 unspecified atom stereocenters. The number of allylic oxidation sites excluding steroid dienone is 2. The van der Waals surface area contributed by atoms with E-state index in [0.717, 1.165) is 24.5 Å². The Labute approximate surface area is 107 Å². The third kappa shape index (κ3) is 1.70. The van der Waals surface area contributed by atoms with E-state index in [2.05, 4.69) is 23.0 Å². The third-order valence-corrected chi connectivity index (χ3v) is 4.87. The first kappa shape index (κ1) is 11.9. The molecule has 1 fully saturated rings. The van der Waals surface area contributed by atoms with Crippen molar-refractivity contribution in [3.05, 3.63) is 11.6 Å². The van der Waals surface area contributed by atoms with Gasteiger partial charge >= 0.3 is 5.97 Å². The molecule has 2 aliphatic carbocycles. The Morgan fingerprint density at radius 2 is 2.44 bits per heavy atom. The molecule has 1 aliphatic heterocycles. The Morgan fingerprint density at radius 1 is 1.61 bits per heavy atom. The maximum absolute atomic E-state index is 11.1. The standard InChI is InChI=1S/C14H20N2O2/c1-2-9-3-10-6-14(8-15,12(10)4-9)7-11-5-13(17)18-16-11/h4,10,12H,2-3,5-8,15H2,1H3. The summed E-state index contributed by atoms with van der Waals surface area (Å²) < 4.78 is 0. The smallest absolute Gasteiger partial charge is 0.330 e. The highest BCUT2D eigenvalue weighted by atomic mass is 16.7. The molecular formula is C14H20N2O2. The maximum atomic E-state index is 11.1. The molecule has 18 heavy (non-hydrogen) atoms. The van der Waals surface area contributed by atoms with E-state index in [-0.39, 0.29) is 11.4 Å². The van der Waals surface area contributed by atoms with Gasteiger partial charge in [-0.3, -0.25) is 0 Å². The lowest BCUT2D eigenvalue weighted by Crippen LogP contribution is -2.51. The lowest BCUT2D eigenvalue weighted by atomic mass is 9.53. The molecule has 2 N–H and O–H groups in total. The van der Waals surface area contributed by atoms with Crippen LogP contribution in [0.15, 0.2) is 16.8 Å². The van der Waals surface area contributed by atoms with Crippen molar-refractivity contribution in [3.63, 3.8) is 0 Å². The highest BCUT2D eigenvalue weighted by Crippen LogP contribution is 2.59. The number of carbonyl (C=O) groups is 1. The number of hydrogen-bond donors (Lipinski definition) is 1. The fourth-order valence-corrected chi connectivity index (χ4v) is 3.89. The minimum Gasteiger partial charge on any atom is -0.330 e. The number of carbonyl (C=O) groups excluding carboxylic acids is 1. The number of hydrogen-bond acceptors (Lipinski definition) is 4. The van der Waals surface area contributed by atoms with Crippen molar-refractivity contribution in [2.24, 2.45) is 28.1 Å². The molecule has 0 aromatic rings. The van der Waals surface area contributed by atoms with Crippen molar-refractivity contribution in [1.82, 2.24) is 0 Å². The summed E-state index contributed by atoms with van der Waals surface area (Å²) in [5.74, 6) is 1.14. The van der Waals surface area contributed by atoms with Gasteiger partial charge in [0, 0.05) is 0 Å². The average Bonchev–Trinajstić information content (AvgIpc) is 2.91. The second-order valence-corrected chi connectivity index (χ2v) is 5.91. The van der Waals surface area contributed by atoms with Crippen LogP contribution in [0.1, 0.15) is 39.0 Å². The monoisotopic (exact) mass is 248 g/mol. The molecule has 4 nitrogen and oxygen atoms in total. The van der Waals surface area contributed by atoms with E-state index in [1.165, 1.54) is 12.8 Å². The van der Waals surface area contributed by atoms with Gasteiger partial charge in [-0.2, -0.15) is 0 Å². The highest BCUT2D eigenvalue weighted by Gasteiger charge is 2.54. The van der Waals surface area contributed by atoms with Crippen LogP contribution in [0, 0.1) is 17.3 Å². The minimum atomic E-state index is -0.232. The molecule has 0 spiro atoms. The fraction of sp³-hybridized carbons (Fsp3) is 0.714. The van der Waals surface area contributed by atoms with Crippen molar-refractivity contribution >= 4 is 11.7 Å². The first-order valence-corrected chi connectivity index (χ1v) is 6.82. The van der Waals surface area contributed by atoms with Gasteiger partial charge in [0.15, 0.2) is 0 Å². The summed E-state index contributed by atoms with van der Waals surface area (Å²) in [5, 5.41) is 3.88. The largest absolute Gasteiger partial charge is 0.340 e. The number of rotatable bonds is 4. The number of nitrogens with two attached hydrogens (primary N) is 1. The van der Waals surface area contributed by atoms with Crippen LogP contribution in [-0.4, -0.2) is 18.2 Å². The summed E-state index contributed by atoms with van der Waals surface area (Å²) in [6.45, 7) is 2.89. The summed E-state index contributed by atoms with van der Waals surface area (Å²) in [6, 6.07) is 0. The normalized spacial score (nSPS) is 37.8. The molecule has 0 amide bonds. The van der Waals surface area contributed by atoms with Crippen LogP contribution in [0.25, 0.3) is 0 Å². The molecule has 1 saturated carbocycles. The van der Waals surface area contributed by atoms with Crippen molar-refractivity contribution in [1.29, 1.82) is 0 Å². The zero-order valence-corrected chi connectivity index (χ0v) is 10.8. The van der Waals surface area contributed by atoms with Crippen LogP contribution in [0.4, 0.5) is 0 Å². The molecule has 3 aliphatic rings. The van der Waals surface area contributed by atoms with Gasteiger partial charge in [-0.15, -0.1) is 0 Å². The van der Waals surface area contributed by atoms with Crippen LogP contribution < -0.4 is 5.73 Å². The van der Waals surface area contributed by atoms with E-state index in [1.54, 1.807) is 5.57 Å². The van der Waals surface area contributed by atoms with Crippen LogP contribution in [0.2, 0.25) is 0 Å². The Bertz CT molecular complexity index is 441. The first-order valence-electron chi connectivity index (χ1n) is 6.82. The molecule has 3 rings (SSSR count). The van der Waals surface area contributed by atoms with Gasteiger partial charge in [-0.05, 0) is 49.5 Å². The van der Waals surface area contributed by atoms with Gasteiger partial charge in [0.2, 0.25) is 0 Å². The molecular weight excluding hydrogens is 228 g/mol. The average molecular weight is 248 g/mol. The Balaban J connectivity index is 1.73. The Hall–Kier alpha value is -1.16. The summed E-state index contributed by atoms with van der Waals surface area (Å²) in [5.41, 5.74) is 8.60. The van der Waals surface area contributed by atoms with Crippen molar-refractivity contribution in [2.75, 3.05) is 6.54 Å². The molecule has 0 aromatic carbocycles. The number of fused-ring (bicyclic) bond motifs is 1. The third-order valence-electron chi connectivity index (χ3n) is 4.87. The molecule has 1 heterocycles. The summed E-state index contributed by atoms with van der Waals surface area (Å²) in [6.07, 6.45) is 7.16. The molecule has 0 radical (unpaired) electrons. The molecule has 4 heteroatoms. The lowest BCUT2D eigenvalue weighted by molar-refractivity contribution is -0.140. The van der Waals surface area contributed by atoms with E-state index >= 15 is 0 Å². The van der Waals surface area contributed by atoms with Crippen molar-refractivity contribution in [3.8, 4) is 0 Å². The molecule has 0 bridgehead atoms. The van der Waals surface area contributed by atoms with Gasteiger partial charge in [-0.25, -0.2) is 4.79 Å². The molecule has 3 atom stereocenters. The van der Waals surface area contributed by atoms with Gasteiger partial charge in [0.25, 0.3) is 0 Å². The first-order chi connectivity index (χ1) is 8.66. The van der Waals surface area contributed by atoms with Gasteiger partial charge in [0.05, 0.1) is 12.1 Å². The molecule has 0 saturated heterocycles. The summed E-state index contributed by atoms with van der Waals surface area (Å²) in [7, 11) is 0. The zero-order chi connectivity index (χ0) is 12.8. The van der Waals surface area contributed by atoms with Crippen molar-refractivity contribution in [2.45, 2.75) is 39.0 Å². The SMILES string of the molecule is CCC1=CC2C(C1)CC2(CN)CC1=NOC(=O)C1. The van der Waals surface area contributed by atoms with Crippen LogP contribution in [0.5, 0.6) is 0 Å². The Morgan fingerprint density at radius 3 is 3.06 bits per heavy atom. The zero-order valence-electron chi connectivity index (χ0n) is 10.8. The number of nitrogens with zero attached hydrogens (tertiary/aromatic N) is 1. The molecule has 98 valence electrons. The topological polar surface area (TPSA) is 64.7 Å². The highest BCUT2D eigenvalue weighted by molar-refractivity contribution is 6.02. The second kappa shape index (κ2) is 4.19. The number of oxime groups is 1. The van der Waals surface area contributed by atoms with E-state index in [4.69, 9.17) is 5.73 Å². The fourth-order valence-electron chi connectivity index (χ4n) is 3.89.